The van der Waals surface area contributed by atoms with Gasteiger partial charge in [0.25, 0.3) is 0 Å². The second-order valence-electron chi connectivity index (χ2n) is 5.82. The van der Waals surface area contributed by atoms with Gasteiger partial charge in [0.2, 0.25) is 0 Å². The van der Waals surface area contributed by atoms with Crippen LogP contribution in [0, 0.1) is 5.82 Å². The summed E-state index contributed by atoms with van der Waals surface area (Å²) in [5.41, 5.74) is 0.951. The quantitative estimate of drug-likeness (QED) is 0.884. The molecule has 0 bridgehead atoms. The van der Waals surface area contributed by atoms with Crippen LogP contribution in [-0.2, 0) is 10.2 Å². The van der Waals surface area contributed by atoms with Gasteiger partial charge in [-0.1, -0.05) is 32.9 Å². The standard InChI is InChI=1S/C17H24FNO/c1-4-19-16(15-7-5-6-12-20-15)17(2,3)13-8-10-14(18)11-9-13/h7-11,16,19H,4-6,12H2,1-3H3. The van der Waals surface area contributed by atoms with Gasteiger partial charge in [-0.25, -0.2) is 4.39 Å². The predicted octanol–water partition coefficient (Wildman–Crippen LogP) is 3.78. The normalized spacial score (nSPS) is 17.3. The van der Waals surface area contributed by atoms with E-state index in [-0.39, 0.29) is 17.3 Å². The first kappa shape index (κ1) is 15.0. The second kappa shape index (κ2) is 6.40. The summed E-state index contributed by atoms with van der Waals surface area (Å²) in [4.78, 5) is 0. The van der Waals surface area contributed by atoms with Crippen LogP contribution in [-0.4, -0.2) is 19.2 Å². The fourth-order valence-corrected chi connectivity index (χ4v) is 2.74. The van der Waals surface area contributed by atoms with Gasteiger partial charge in [0.1, 0.15) is 11.6 Å². The van der Waals surface area contributed by atoms with Gasteiger partial charge in [-0.05, 0) is 43.2 Å². The molecule has 2 rings (SSSR count). The highest BCUT2D eigenvalue weighted by Crippen LogP contribution is 2.32. The van der Waals surface area contributed by atoms with Crippen molar-refractivity contribution in [3.63, 3.8) is 0 Å². The Hall–Kier alpha value is -1.35. The Bertz CT molecular complexity index is 464. The number of nitrogens with one attached hydrogen (secondary N) is 1. The van der Waals surface area contributed by atoms with Crippen LogP contribution in [0.3, 0.4) is 0 Å². The fourth-order valence-electron chi connectivity index (χ4n) is 2.74. The van der Waals surface area contributed by atoms with Crippen molar-refractivity contribution in [3.8, 4) is 0 Å². The zero-order chi connectivity index (χ0) is 14.6. The summed E-state index contributed by atoms with van der Waals surface area (Å²) in [7, 11) is 0. The highest BCUT2D eigenvalue weighted by atomic mass is 19.1. The summed E-state index contributed by atoms with van der Waals surface area (Å²) in [5.74, 6) is 0.824. The lowest BCUT2D eigenvalue weighted by Gasteiger charge is -2.37. The molecule has 1 aliphatic heterocycles. The van der Waals surface area contributed by atoms with Crippen molar-refractivity contribution in [2.45, 2.75) is 45.1 Å². The summed E-state index contributed by atoms with van der Waals surface area (Å²) in [6.45, 7) is 8.10. The van der Waals surface area contributed by atoms with E-state index in [0.717, 1.165) is 37.3 Å². The van der Waals surface area contributed by atoms with E-state index in [4.69, 9.17) is 4.74 Å². The molecular formula is C17H24FNO. The van der Waals surface area contributed by atoms with Crippen molar-refractivity contribution in [2.75, 3.05) is 13.2 Å². The first-order valence-corrected chi connectivity index (χ1v) is 7.38. The number of ether oxygens (including phenoxy) is 1. The Morgan fingerprint density at radius 3 is 2.55 bits per heavy atom. The summed E-state index contributed by atoms with van der Waals surface area (Å²) < 4.78 is 19.0. The average molecular weight is 277 g/mol. The van der Waals surface area contributed by atoms with Crippen molar-refractivity contribution < 1.29 is 9.13 Å². The van der Waals surface area contributed by atoms with Crippen molar-refractivity contribution in [1.82, 2.24) is 5.32 Å². The Kier molecular flexibility index (Phi) is 4.81. The van der Waals surface area contributed by atoms with Gasteiger partial charge in [-0.3, -0.25) is 0 Å². The van der Waals surface area contributed by atoms with E-state index >= 15 is 0 Å². The monoisotopic (exact) mass is 277 g/mol. The van der Waals surface area contributed by atoms with Gasteiger partial charge in [-0.2, -0.15) is 0 Å². The van der Waals surface area contributed by atoms with E-state index in [1.165, 1.54) is 12.1 Å². The zero-order valence-electron chi connectivity index (χ0n) is 12.6. The van der Waals surface area contributed by atoms with Crippen molar-refractivity contribution >= 4 is 0 Å². The number of allylic oxidation sites excluding steroid dienone is 1. The number of benzene rings is 1. The van der Waals surface area contributed by atoms with Gasteiger partial charge in [0, 0.05) is 5.41 Å². The molecule has 0 spiro atoms. The molecule has 1 N–H and O–H groups in total. The molecule has 0 saturated heterocycles. The largest absolute Gasteiger partial charge is 0.497 e. The summed E-state index contributed by atoms with van der Waals surface area (Å²) >= 11 is 0. The molecule has 3 heteroatoms. The lowest BCUT2D eigenvalue weighted by molar-refractivity contribution is 0.148. The molecule has 1 aromatic carbocycles. The van der Waals surface area contributed by atoms with Gasteiger partial charge < -0.3 is 10.1 Å². The highest BCUT2D eigenvalue weighted by Gasteiger charge is 2.35. The molecule has 1 unspecified atom stereocenters. The van der Waals surface area contributed by atoms with Crippen LogP contribution in [0.25, 0.3) is 0 Å². The number of hydrogen-bond donors (Lipinski definition) is 1. The molecule has 0 saturated carbocycles. The van der Waals surface area contributed by atoms with Crippen LogP contribution in [0.1, 0.15) is 39.2 Å². The molecule has 1 aromatic rings. The van der Waals surface area contributed by atoms with Crippen LogP contribution in [0.2, 0.25) is 0 Å². The molecule has 0 radical (unpaired) electrons. The first-order chi connectivity index (χ1) is 9.55. The minimum absolute atomic E-state index is 0.110. The molecule has 1 aliphatic rings. The summed E-state index contributed by atoms with van der Waals surface area (Å²) in [6.07, 6.45) is 4.33. The van der Waals surface area contributed by atoms with E-state index < -0.39 is 0 Å². The molecule has 0 amide bonds. The van der Waals surface area contributed by atoms with Gasteiger partial charge in [-0.15, -0.1) is 0 Å². The maximum Gasteiger partial charge on any atom is 0.123 e. The molecule has 110 valence electrons. The minimum atomic E-state index is -0.197. The van der Waals surface area contributed by atoms with E-state index in [2.05, 4.69) is 32.2 Å². The lowest BCUT2D eigenvalue weighted by atomic mass is 9.76. The molecule has 1 atom stereocenters. The number of hydrogen-bond acceptors (Lipinski definition) is 2. The maximum absolute atomic E-state index is 13.1. The van der Waals surface area contributed by atoms with Crippen molar-refractivity contribution in [2.24, 2.45) is 0 Å². The smallest absolute Gasteiger partial charge is 0.123 e. The van der Waals surface area contributed by atoms with Crippen molar-refractivity contribution in [3.05, 3.63) is 47.5 Å². The summed E-state index contributed by atoms with van der Waals surface area (Å²) in [5, 5.41) is 3.52. The van der Waals surface area contributed by atoms with Crippen LogP contribution in [0.5, 0.6) is 0 Å². The van der Waals surface area contributed by atoms with Crippen LogP contribution >= 0.6 is 0 Å². The second-order valence-corrected chi connectivity index (χ2v) is 5.82. The van der Waals surface area contributed by atoms with Gasteiger partial charge >= 0.3 is 0 Å². The third-order valence-corrected chi connectivity index (χ3v) is 3.97. The highest BCUT2D eigenvalue weighted by molar-refractivity contribution is 5.30. The molecule has 2 nitrogen and oxygen atoms in total. The minimum Gasteiger partial charge on any atom is -0.497 e. The number of halogens is 1. The lowest BCUT2D eigenvalue weighted by Crippen LogP contribution is -2.47. The van der Waals surface area contributed by atoms with E-state index in [1.54, 1.807) is 0 Å². The third-order valence-electron chi connectivity index (χ3n) is 3.97. The predicted molar refractivity (Wildman–Crippen MR) is 80.2 cm³/mol. The maximum atomic E-state index is 13.1. The summed E-state index contributed by atoms with van der Waals surface area (Å²) in [6, 6.07) is 6.89. The van der Waals surface area contributed by atoms with Gasteiger partial charge in [0.15, 0.2) is 0 Å². The van der Waals surface area contributed by atoms with E-state index in [1.807, 2.05) is 12.1 Å². The molecule has 1 heterocycles. The Morgan fingerprint density at radius 1 is 1.30 bits per heavy atom. The molecule has 0 aromatic heterocycles. The number of rotatable bonds is 5. The molecular weight excluding hydrogens is 253 g/mol. The van der Waals surface area contributed by atoms with Crippen LogP contribution < -0.4 is 5.32 Å². The van der Waals surface area contributed by atoms with Crippen LogP contribution in [0.15, 0.2) is 36.1 Å². The molecule has 20 heavy (non-hydrogen) atoms. The van der Waals surface area contributed by atoms with E-state index in [9.17, 15) is 4.39 Å². The Balaban J connectivity index is 2.30. The Labute approximate surface area is 121 Å². The molecule has 0 aliphatic carbocycles. The molecule has 0 fully saturated rings. The van der Waals surface area contributed by atoms with Gasteiger partial charge in [0.05, 0.1) is 12.6 Å². The van der Waals surface area contributed by atoms with Crippen molar-refractivity contribution in [1.29, 1.82) is 0 Å². The number of likely N-dealkylation sites (N-methyl/N-ethyl adjacent to an activating group) is 1. The van der Waals surface area contributed by atoms with E-state index in [0.29, 0.717) is 0 Å². The topological polar surface area (TPSA) is 21.3 Å². The first-order valence-electron chi connectivity index (χ1n) is 7.38. The fraction of sp³-hybridized carbons (Fsp3) is 0.529. The van der Waals surface area contributed by atoms with Crippen LogP contribution in [0.4, 0.5) is 4.39 Å². The Morgan fingerprint density at radius 2 is 2.00 bits per heavy atom. The average Bonchev–Trinajstić information content (AvgIpc) is 2.46. The third kappa shape index (κ3) is 3.21. The SMILES string of the molecule is CCNC(C1=CCCCO1)C(C)(C)c1ccc(F)cc1. The zero-order valence-corrected chi connectivity index (χ0v) is 12.6.